The number of aryl methyl sites for hydroxylation is 4. The minimum atomic E-state index is -4.51. The van der Waals surface area contributed by atoms with Crippen LogP contribution >= 0.6 is 0 Å². The molecule has 0 saturated heterocycles. The molecule has 0 amide bonds. The van der Waals surface area contributed by atoms with Crippen LogP contribution in [0.15, 0.2) is 70.5 Å². The van der Waals surface area contributed by atoms with Gasteiger partial charge >= 0.3 is 48.9 Å². The fourth-order valence-electron chi connectivity index (χ4n) is 10.1. The molecule has 0 unspecified atom stereocenters. The van der Waals surface area contributed by atoms with Gasteiger partial charge in [-0.3, -0.25) is 0 Å². The zero-order valence-corrected chi connectivity index (χ0v) is 50.3. The Labute approximate surface area is 463 Å². The first-order valence-electron chi connectivity index (χ1n) is 28.0. The molecule has 0 aliphatic carbocycles. The molecule has 0 N–H and O–H groups in total. The van der Waals surface area contributed by atoms with Crippen LogP contribution in [0.5, 0.6) is 0 Å². The smallest absolute Gasteiger partial charge is 0.744 e. The van der Waals surface area contributed by atoms with Gasteiger partial charge in [-0.2, -0.15) is 0 Å². The van der Waals surface area contributed by atoms with Gasteiger partial charge in [-0.15, -0.1) is 0 Å². The number of fused-ring (bicyclic) bond motifs is 2. The van der Waals surface area contributed by atoms with Crippen molar-refractivity contribution in [3.8, 4) is 0 Å². The van der Waals surface area contributed by atoms with Crippen LogP contribution in [0.25, 0.3) is 21.5 Å². The number of unbranched alkanes of at least 4 members (excludes halogenated alkanes) is 28. The molecule has 0 fully saturated rings. The zero-order valence-electron chi connectivity index (χ0n) is 44.2. The third-order valence-corrected chi connectivity index (χ3v) is 15.9. The van der Waals surface area contributed by atoms with Gasteiger partial charge in [-0.1, -0.05) is 256 Å². The number of hydrogen-bond donors (Lipinski definition) is 0. The van der Waals surface area contributed by atoms with Crippen LogP contribution in [0.4, 0.5) is 0 Å². The van der Waals surface area contributed by atoms with Crippen molar-refractivity contribution in [2.45, 2.75) is 269 Å². The Morgan fingerprint density at radius 2 is 0.536 bits per heavy atom. The molecule has 0 aliphatic rings. The van der Waals surface area contributed by atoms with E-state index in [-0.39, 0.29) is 58.7 Å². The van der Waals surface area contributed by atoms with Crippen LogP contribution in [0, 0.1) is 0 Å². The molecule has 0 spiro atoms. The number of rotatable bonds is 38. The third kappa shape index (κ3) is 25.5. The number of hydrogen-bond acceptors (Lipinski definition) is 6. The molecule has 0 aliphatic heterocycles. The molecule has 69 heavy (non-hydrogen) atoms. The average molecular weight is 1110 g/mol. The van der Waals surface area contributed by atoms with Gasteiger partial charge in [0.2, 0.25) is 0 Å². The largest absolute Gasteiger partial charge is 2.00 e. The first kappa shape index (κ1) is 63.9. The SMILES string of the molecule is CCCCCCCCCCc1ccc(S(=O)(=O)[O-])c2c(CCCCCCCCCC)cccc12.CCCCCCCCCCc1ccc(S(=O)(=O)[O-])c2c(CCCCCCCCCC)cccc12.[Ba+2]. The Morgan fingerprint density at radius 1 is 0.304 bits per heavy atom. The van der Waals surface area contributed by atoms with E-state index in [1.165, 1.54) is 178 Å². The van der Waals surface area contributed by atoms with Crippen molar-refractivity contribution in [1.82, 2.24) is 0 Å². The van der Waals surface area contributed by atoms with Gasteiger partial charge in [0.25, 0.3) is 0 Å². The first-order chi connectivity index (χ1) is 33.0. The quantitative estimate of drug-likeness (QED) is 0.0251. The molecule has 4 aromatic carbocycles. The van der Waals surface area contributed by atoms with E-state index in [0.717, 1.165) is 86.1 Å². The van der Waals surface area contributed by atoms with E-state index in [4.69, 9.17) is 0 Å². The third-order valence-electron chi connectivity index (χ3n) is 14.1. The minimum absolute atomic E-state index is 0. The summed E-state index contributed by atoms with van der Waals surface area (Å²) in [5.74, 6) is 0. The van der Waals surface area contributed by atoms with Crippen molar-refractivity contribution in [1.29, 1.82) is 0 Å². The Balaban J connectivity index is 0.000000467. The monoisotopic (exact) mass is 1110 g/mol. The fourth-order valence-corrected chi connectivity index (χ4v) is 11.5. The first-order valence-corrected chi connectivity index (χ1v) is 30.8. The van der Waals surface area contributed by atoms with Crippen molar-refractivity contribution < 1.29 is 25.9 Å². The molecule has 4 aromatic rings. The van der Waals surface area contributed by atoms with Crippen molar-refractivity contribution in [3.05, 3.63) is 82.9 Å². The predicted octanol–water partition coefficient (Wildman–Crippen LogP) is 17.8. The van der Waals surface area contributed by atoms with Crippen LogP contribution in [-0.2, 0) is 45.9 Å². The van der Waals surface area contributed by atoms with E-state index < -0.39 is 20.2 Å². The normalized spacial score (nSPS) is 11.8. The summed E-state index contributed by atoms with van der Waals surface area (Å²) >= 11 is 0. The second-order valence-electron chi connectivity index (χ2n) is 19.9. The van der Waals surface area contributed by atoms with Crippen LogP contribution in [0.2, 0.25) is 0 Å². The van der Waals surface area contributed by atoms with Gasteiger partial charge in [0, 0.05) is 10.8 Å². The van der Waals surface area contributed by atoms with Crippen molar-refractivity contribution in [3.63, 3.8) is 0 Å². The molecule has 0 bridgehead atoms. The Kier molecular flexibility index (Phi) is 35.5. The molecule has 0 heterocycles. The van der Waals surface area contributed by atoms with Crippen LogP contribution in [0.1, 0.15) is 255 Å². The van der Waals surface area contributed by atoms with Gasteiger partial charge in [-0.25, -0.2) is 16.8 Å². The maximum absolute atomic E-state index is 12.1. The van der Waals surface area contributed by atoms with Gasteiger partial charge in [-0.05, 0) is 96.5 Å². The second kappa shape index (κ2) is 38.4. The average Bonchev–Trinajstić information content (AvgIpc) is 3.32. The second-order valence-corrected chi connectivity index (χ2v) is 22.6. The summed E-state index contributed by atoms with van der Waals surface area (Å²) in [5.41, 5.74) is 4.36. The summed E-state index contributed by atoms with van der Waals surface area (Å²) in [7, 11) is -9.01. The summed E-state index contributed by atoms with van der Waals surface area (Å²) in [6.07, 6.45) is 43.7. The standard InChI is InChI=1S/2C30H48O3S.Ba/c2*1-3-5-7-9-11-13-15-17-20-26-24-25-29(34(31,32)33)30-27(22-19-23-28(26)30)21-18-16-14-12-10-8-6-4-2;/h2*19,22-25H,3-18,20-21H2,1-2H3,(H,31,32,33);/q;;+2/p-2. The topological polar surface area (TPSA) is 114 Å². The molecule has 384 valence electrons. The van der Waals surface area contributed by atoms with E-state index in [9.17, 15) is 25.9 Å². The maximum Gasteiger partial charge on any atom is 2.00 e. The molecule has 0 atom stereocenters. The molecule has 0 radical (unpaired) electrons. The molecular weight excluding hydrogens is 1020 g/mol. The van der Waals surface area contributed by atoms with E-state index in [0.29, 0.717) is 10.8 Å². The van der Waals surface area contributed by atoms with Crippen LogP contribution in [0.3, 0.4) is 0 Å². The molecule has 0 saturated carbocycles. The Hall–Kier alpha value is -1.21. The van der Waals surface area contributed by atoms with Gasteiger partial charge in [0.1, 0.15) is 20.2 Å². The van der Waals surface area contributed by atoms with Crippen molar-refractivity contribution in [2.24, 2.45) is 0 Å². The summed E-state index contributed by atoms with van der Waals surface area (Å²) < 4.78 is 72.4. The van der Waals surface area contributed by atoms with Crippen molar-refractivity contribution >= 4 is 90.7 Å². The Bertz CT molecular complexity index is 2030. The van der Waals surface area contributed by atoms with E-state index in [1.807, 2.05) is 48.5 Å². The molecule has 0 aromatic heterocycles. The van der Waals surface area contributed by atoms with Gasteiger partial charge in [0.15, 0.2) is 0 Å². The predicted molar refractivity (Wildman–Crippen MR) is 295 cm³/mol. The van der Waals surface area contributed by atoms with Gasteiger partial charge in [0.05, 0.1) is 9.79 Å². The summed E-state index contributed by atoms with van der Waals surface area (Å²) in [6.45, 7) is 8.96. The van der Waals surface area contributed by atoms with E-state index in [1.54, 1.807) is 12.1 Å². The van der Waals surface area contributed by atoms with E-state index >= 15 is 0 Å². The van der Waals surface area contributed by atoms with Crippen LogP contribution in [-0.4, -0.2) is 74.8 Å². The zero-order chi connectivity index (χ0) is 49.3. The number of benzene rings is 4. The molecule has 4 rings (SSSR count). The Morgan fingerprint density at radius 3 is 0.783 bits per heavy atom. The minimum Gasteiger partial charge on any atom is -0.744 e. The van der Waals surface area contributed by atoms with Gasteiger partial charge < -0.3 is 9.11 Å². The maximum atomic E-state index is 12.1. The van der Waals surface area contributed by atoms with Crippen molar-refractivity contribution in [2.75, 3.05) is 0 Å². The van der Waals surface area contributed by atoms with E-state index in [2.05, 4.69) is 27.7 Å². The summed E-state index contributed by atoms with van der Waals surface area (Å²) in [4.78, 5) is -0.0883. The summed E-state index contributed by atoms with van der Waals surface area (Å²) in [6, 6.07) is 18.9. The molecular formula is C60H94BaO6S2. The summed E-state index contributed by atoms with van der Waals surface area (Å²) in [5, 5.41) is 3.27. The van der Waals surface area contributed by atoms with Crippen LogP contribution < -0.4 is 0 Å². The molecule has 6 nitrogen and oxygen atoms in total. The molecule has 9 heteroatoms. The fraction of sp³-hybridized carbons (Fsp3) is 0.667.